The first-order chi connectivity index (χ1) is 40.1. The smallest absolute Gasteiger partial charge is 0.0541 e. The fraction of sp³-hybridized carbons (Fsp3) is 0.0130. The molecule has 0 aliphatic heterocycles. The number of hydrogen-bond acceptors (Lipinski definition) is 2. The Kier molecular flexibility index (Phi) is 13.8. The molecule has 4 heteroatoms. The Labute approximate surface area is 473 Å². The molecule has 0 spiro atoms. The summed E-state index contributed by atoms with van der Waals surface area (Å²) < 4.78 is 4.77. The minimum Gasteiger partial charge on any atom is -0.310 e. The monoisotopic (exact) mass is 1040 g/mol. The summed E-state index contributed by atoms with van der Waals surface area (Å²) in [4.78, 5) is 4.77. The molecule has 14 aromatic rings. The van der Waals surface area contributed by atoms with Gasteiger partial charge in [0.1, 0.15) is 0 Å². The van der Waals surface area contributed by atoms with E-state index in [1.807, 2.05) is 12.2 Å². The fourth-order valence-electron chi connectivity index (χ4n) is 11.5. The second-order valence-corrected chi connectivity index (χ2v) is 20.2. The number of aromatic nitrogens is 2. The predicted molar refractivity (Wildman–Crippen MR) is 346 cm³/mol. The van der Waals surface area contributed by atoms with Crippen molar-refractivity contribution >= 4 is 77.7 Å². The van der Waals surface area contributed by atoms with Crippen molar-refractivity contribution in [1.29, 1.82) is 0 Å². The van der Waals surface area contributed by atoms with Crippen molar-refractivity contribution in [2.45, 2.75) is 6.42 Å². The Bertz CT molecular complexity index is 4140. The average molecular weight is 1040 g/mol. The van der Waals surface area contributed by atoms with Crippen molar-refractivity contribution in [3.05, 3.63) is 329 Å². The lowest BCUT2D eigenvalue weighted by molar-refractivity contribution is 1.18. The first kappa shape index (κ1) is 49.9. The van der Waals surface area contributed by atoms with Crippen LogP contribution in [0, 0.1) is 0 Å². The molecular formula is C77H58N4. The van der Waals surface area contributed by atoms with Crippen molar-refractivity contribution in [2.75, 3.05) is 9.80 Å². The molecule has 2 aromatic heterocycles. The van der Waals surface area contributed by atoms with Gasteiger partial charge in [-0.15, -0.1) is 13.2 Å². The van der Waals surface area contributed by atoms with Gasteiger partial charge in [0.2, 0.25) is 0 Å². The first-order valence-electron chi connectivity index (χ1n) is 27.6. The molecule has 0 bridgehead atoms. The van der Waals surface area contributed by atoms with E-state index in [1.165, 1.54) is 43.6 Å². The minimum atomic E-state index is 0.917. The van der Waals surface area contributed by atoms with E-state index in [1.54, 1.807) is 0 Å². The normalized spacial score (nSPS) is 11.1. The molecule has 0 aliphatic rings. The van der Waals surface area contributed by atoms with Gasteiger partial charge in [-0.2, -0.15) is 0 Å². The van der Waals surface area contributed by atoms with Gasteiger partial charge in [-0.3, -0.25) is 0 Å². The van der Waals surface area contributed by atoms with Crippen LogP contribution in [0.4, 0.5) is 34.1 Å². The number of anilines is 6. The molecule has 0 atom stereocenters. The van der Waals surface area contributed by atoms with Crippen LogP contribution in [0.5, 0.6) is 0 Å². The van der Waals surface area contributed by atoms with Gasteiger partial charge in [-0.25, -0.2) is 0 Å². The maximum absolute atomic E-state index is 3.48. The third-order valence-corrected chi connectivity index (χ3v) is 15.1. The summed E-state index contributed by atoms with van der Waals surface area (Å²) in [6.45, 7) is 6.96. The highest BCUT2D eigenvalue weighted by atomic mass is 15.1. The summed E-state index contributed by atoms with van der Waals surface area (Å²) >= 11 is 0. The Morgan fingerprint density at radius 2 is 0.531 bits per heavy atom. The third kappa shape index (κ3) is 9.77. The van der Waals surface area contributed by atoms with Crippen LogP contribution in [0.2, 0.25) is 0 Å². The van der Waals surface area contributed by atoms with E-state index >= 15 is 0 Å². The van der Waals surface area contributed by atoms with Crippen molar-refractivity contribution in [1.82, 2.24) is 9.13 Å². The van der Waals surface area contributed by atoms with Gasteiger partial charge in [0.05, 0.1) is 22.1 Å². The SMILES string of the molecule is C=CCC=C.c1ccc(N(c2ccccc2)c2cc(-c3cc(-c4ccc5c(c4)c4ccccc4n5-c4ccccc4)cc(N(c4ccccc4)c4ccccc4)c3)cc(-c3ccc4c(c3)c3ccccc3n4-c3ccccc3)c2)cc1. The number of nitrogens with zero attached hydrogens (tertiary/aromatic N) is 4. The summed E-state index contributed by atoms with van der Waals surface area (Å²) in [5.74, 6) is 0. The predicted octanol–water partition coefficient (Wildman–Crippen LogP) is 21.6. The molecule has 0 amide bonds. The minimum absolute atomic E-state index is 0.917. The van der Waals surface area contributed by atoms with E-state index < -0.39 is 0 Å². The van der Waals surface area contributed by atoms with Crippen LogP contribution >= 0.6 is 0 Å². The Morgan fingerprint density at radius 3 is 0.852 bits per heavy atom. The summed E-state index contributed by atoms with van der Waals surface area (Å²) in [5.41, 5.74) is 20.1. The van der Waals surface area contributed by atoms with Gasteiger partial charge in [0.15, 0.2) is 0 Å². The van der Waals surface area contributed by atoms with E-state index in [-0.39, 0.29) is 0 Å². The molecule has 0 aliphatic carbocycles. The first-order valence-corrected chi connectivity index (χ1v) is 27.6. The standard InChI is InChI=1S/C72H50N4.C5H8/c1-7-23-57(24-8-1)73(58-25-9-2-10-26-58)63-45-53(51-39-41-71-67(49-51)65-35-19-21-37-69(65)75(71)61-31-15-5-16-32-61)43-55(47-63)56-44-54(46-64(48-56)74(59-27-11-3-12-28-59)60-29-13-4-14-30-60)52-40-42-72-68(50-52)66-36-20-22-38-70(66)76(72)62-33-17-6-18-34-62;1-3-5-4-2/h1-50H;3-4H,1-2,5H2. The van der Waals surface area contributed by atoms with Crippen LogP contribution in [0.3, 0.4) is 0 Å². The van der Waals surface area contributed by atoms with Crippen molar-refractivity contribution < 1.29 is 0 Å². The Morgan fingerprint density at radius 1 is 0.247 bits per heavy atom. The molecule has 81 heavy (non-hydrogen) atoms. The maximum Gasteiger partial charge on any atom is 0.0541 e. The number of benzene rings is 12. The number of hydrogen-bond donors (Lipinski definition) is 0. The molecule has 0 unspecified atom stereocenters. The van der Waals surface area contributed by atoms with Crippen molar-refractivity contribution in [2.24, 2.45) is 0 Å². The van der Waals surface area contributed by atoms with Crippen LogP contribution in [0.1, 0.15) is 6.42 Å². The molecule has 386 valence electrons. The lowest BCUT2D eigenvalue weighted by Crippen LogP contribution is -2.11. The molecule has 14 rings (SSSR count). The molecule has 0 N–H and O–H groups in total. The molecule has 0 saturated carbocycles. The lowest BCUT2D eigenvalue weighted by atomic mass is 9.93. The van der Waals surface area contributed by atoms with Gasteiger partial charge >= 0.3 is 0 Å². The van der Waals surface area contributed by atoms with Crippen LogP contribution in [-0.2, 0) is 0 Å². The number of rotatable bonds is 13. The highest BCUT2D eigenvalue weighted by molar-refractivity contribution is 6.12. The van der Waals surface area contributed by atoms with E-state index in [4.69, 9.17) is 0 Å². The average Bonchev–Trinajstić information content (AvgIpc) is 4.30. The van der Waals surface area contributed by atoms with E-state index in [0.29, 0.717) is 0 Å². The maximum atomic E-state index is 3.48. The van der Waals surface area contributed by atoms with Crippen LogP contribution in [-0.4, -0.2) is 9.13 Å². The summed E-state index contributed by atoms with van der Waals surface area (Å²) in [6.07, 6.45) is 4.54. The quantitative estimate of drug-likeness (QED) is 0.107. The van der Waals surface area contributed by atoms with Crippen LogP contribution < -0.4 is 9.80 Å². The molecule has 2 heterocycles. The van der Waals surface area contributed by atoms with Gasteiger partial charge in [0, 0.05) is 67.0 Å². The zero-order valence-electron chi connectivity index (χ0n) is 44.9. The molecular weight excluding hydrogens is 981 g/mol. The van der Waals surface area contributed by atoms with E-state index in [0.717, 1.165) is 85.3 Å². The Balaban J connectivity index is 0.00000119. The van der Waals surface area contributed by atoms with E-state index in [9.17, 15) is 0 Å². The number of allylic oxidation sites excluding steroid dienone is 2. The molecule has 0 saturated heterocycles. The molecule has 0 radical (unpaired) electrons. The highest BCUT2D eigenvalue weighted by Crippen LogP contribution is 2.45. The zero-order valence-corrected chi connectivity index (χ0v) is 44.9. The van der Waals surface area contributed by atoms with Gasteiger partial charge in [-0.1, -0.05) is 170 Å². The zero-order chi connectivity index (χ0) is 54.5. The largest absolute Gasteiger partial charge is 0.310 e. The lowest BCUT2D eigenvalue weighted by Gasteiger charge is -2.28. The summed E-state index contributed by atoms with van der Waals surface area (Å²) in [7, 11) is 0. The second kappa shape index (κ2) is 22.4. The summed E-state index contributed by atoms with van der Waals surface area (Å²) in [5, 5.41) is 4.86. The summed E-state index contributed by atoms with van der Waals surface area (Å²) in [6, 6.07) is 110. The molecule has 12 aromatic carbocycles. The highest BCUT2D eigenvalue weighted by Gasteiger charge is 2.21. The van der Waals surface area contributed by atoms with Gasteiger partial charge in [0.25, 0.3) is 0 Å². The number of para-hydroxylation sites is 8. The van der Waals surface area contributed by atoms with Crippen molar-refractivity contribution in [3.8, 4) is 44.8 Å². The topological polar surface area (TPSA) is 16.3 Å². The second-order valence-electron chi connectivity index (χ2n) is 20.2. The van der Waals surface area contributed by atoms with Crippen LogP contribution in [0.15, 0.2) is 329 Å². The number of fused-ring (bicyclic) bond motifs is 6. The van der Waals surface area contributed by atoms with Gasteiger partial charge < -0.3 is 18.9 Å². The fourth-order valence-corrected chi connectivity index (χ4v) is 11.5. The van der Waals surface area contributed by atoms with Crippen molar-refractivity contribution in [3.63, 3.8) is 0 Å². The van der Waals surface area contributed by atoms with Gasteiger partial charge in [-0.05, 0) is 185 Å². The molecule has 0 fully saturated rings. The van der Waals surface area contributed by atoms with Crippen LogP contribution in [0.25, 0.3) is 88.4 Å². The Hall–Kier alpha value is -10.7. The van der Waals surface area contributed by atoms with E-state index in [2.05, 4.69) is 335 Å². The molecule has 4 nitrogen and oxygen atoms in total. The third-order valence-electron chi connectivity index (χ3n) is 15.1.